The van der Waals surface area contributed by atoms with Crippen molar-refractivity contribution in [2.45, 2.75) is 0 Å². The average molecular weight is 503 g/mol. The van der Waals surface area contributed by atoms with Crippen molar-refractivity contribution in [1.82, 2.24) is 15.4 Å². The van der Waals surface area contributed by atoms with E-state index >= 15 is 0 Å². The molecule has 1 aromatic heterocycles. The Hall–Kier alpha value is -4.67. The molecule has 6 aromatic rings. The van der Waals surface area contributed by atoms with Gasteiger partial charge in [-0.3, -0.25) is 10.1 Å². The molecular formula is C30H23N4O2P. The Morgan fingerprint density at radius 3 is 1.30 bits per heavy atom. The lowest BCUT2D eigenvalue weighted by atomic mass is 10.3. The molecule has 0 fully saturated rings. The number of rotatable bonds is 5. The standard InChI is InChI=1S/C24H20P.C6H3N4O2/c1-5-13-21(14-6-1)25(22-15-7-2-8-16-22,23-17-9-3-10-18-23)24-19-11-4-12-20-24;11-10(12)4-1-2-5-6(3-4)8-9-7-5/h1-20H;1-3H/q+1;-1. The van der Waals surface area contributed by atoms with E-state index in [0.717, 1.165) is 0 Å². The fourth-order valence-electron chi connectivity index (χ4n) is 4.41. The number of nitro groups is 1. The van der Waals surface area contributed by atoms with Crippen molar-refractivity contribution in [2.24, 2.45) is 0 Å². The third kappa shape index (κ3) is 4.88. The molecule has 0 saturated heterocycles. The van der Waals surface area contributed by atoms with Crippen LogP contribution in [-0.4, -0.2) is 15.1 Å². The number of nitrogens with zero attached hydrogens (tertiary/aromatic N) is 4. The third-order valence-electron chi connectivity index (χ3n) is 6.05. The van der Waals surface area contributed by atoms with Gasteiger partial charge >= 0.3 is 0 Å². The second-order valence-electron chi connectivity index (χ2n) is 8.23. The van der Waals surface area contributed by atoms with Crippen LogP contribution in [0.4, 0.5) is 5.69 Å². The van der Waals surface area contributed by atoms with E-state index in [9.17, 15) is 10.1 Å². The van der Waals surface area contributed by atoms with Crippen molar-refractivity contribution in [1.29, 1.82) is 0 Å². The average Bonchev–Trinajstić information content (AvgIpc) is 3.45. The van der Waals surface area contributed by atoms with E-state index in [1.807, 2.05) is 0 Å². The molecule has 6 rings (SSSR count). The Balaban J connectivity index is 0.000000195. The minimum Gasteiger partial charge on any atom is -0.492 e. The highest BCUT2D eigenvalue weighted by molar-refractivity contribution is 8.01. The van der Waals surface area contributed by atoms with Crippen LogP contribution >= 0.6 is 7.26 Å². The summed E-state index contributed by atoms with van der Waals surface area (Å²) in [5.41, 5.74) is 1.02. The smallest absolute Gasteiger partial charge is 0.271 e. The molecular weight excluding hydrogens is 479 g/mol. The topological polar surface area (TPSA) is 83.0 Å². The van der Waals surface area contributed by atoms with E-state index in [2.05, 4.69) is 137 Å². The van der Waals surface area contributed by atoms with Crippen LogP contribution < -0.4 is 26.4 Å². The molecule has 0 aliphatic heterocycles. The number of non-ortho nitro benzene ring substituents is 1. The molecule has 0 aliphatic rings. The molecule has 37 heavy (non-hydrogen) atoms. The van der Waals surface area contributed by atoms with Crippen molar-refractivity contribution in [3.63, 3.8) is 0 Å². The molecule has 1 heterocycles. The van der Waals surface area contributed by atoms with Gasteiger partial charge in [0.2, 0.25) is 0 Å². The highest BCUT2D eigenvalue weighted by Crippen LogP contribution is 2.53. The summed E-state index contributed by atoms with van der Waals surface area (Å²) in [6.45, 7) is 0. The molecule has 0 aliphatic carbocycles. The predicted molar refractivity (Wildman–Crippen MR) is 151 cm³/mol. The van der Waals surface area contributed by atoms with Gasteiger partial charge in [0.05, 0.1) is 16.0 Å². The quantitative estimate of drug-likeness (QED) is 0.192. The van der Waals surface area contributed by atoms with Gasteiger partial charge in [-0.1, -0.05) is 72.8 Å². The van der Waals surface area contributed by atoms with Crippen LogP contribution in [0.3, 0.4) is 0 Å². The maximum atomic E-state index is 10.3. The Kier molecular flexibility index (Phi) is 7.11. The first-order valence-corrected chi connectivity index (χ1v) is 13.5. The van der Waals surface area contributed by atoms with Gasteiger partial charge in [0.15, 0.2) is 0 Å². The van der Waals surface area contributed by atoms with E-state index in [1.54, 1.807) is 0 Å². The maximum Gasteiger partial charge on any atom is 0.271 e. The fourth-order valence-corrected chi connectivity index (χ4v) is 8.68. The Bertz CT molecular complexity index is 1430. The molecule has 180 valence electrons. The summed E-state index contributed by atoms with van der Waals surface area (Å²) in [7, 11) is -1.91. The zero-order chi connectivity index (χ0) is 25.5. The summed E-state index contributed by atoms with van der Waals surface area (Å²) < 4.78 is 0. The number of fused-ring (bicyclic) bond motifs is 1. The summed E-state index contributed by atoms with van der Waals surface area (Å²) in [6.07, 6.45) is 0. The van der Waals surface area contributed by atoms with Gasteiger partial charge in [-0.15, -0.1) is 0 Å². The van der Waals surface area contributed by atoms with Crippen molar-refractivity contribution in [2.75, 3.05) is 0 Å². The van der Waals surface area contributed by atoms with E-state index in [1.165, 1.54) is 39.4 Å². The Morgan fingerprint density at radius 1 is 0.541 bits per heavy atom. The highest BCUT2D eigenvalue weighted by atomic mass is 31.2. The lowest BCUT2D eigenvalue weighted by Gasteiger charge is -2.27. The van der Waals surface area contributed by atoms with E-state index in [-0.39, 0.29) is 5.69 Å². The molecule has 0 radical (unpaired) electrons. The van der Waals surface area contributed by atoms with Gasteiger partial charge in [-0.25, -0.2) is 0 Å². The van der Waals surface area contributed by atoms with Crippen molar-refractivity contribution < 1.29 is 4.92 Å². The molecule has 0 saturated carbocycles. The molecule has 0 bridgehead atoms. The Morgan fingerprint density at radius 2 is 0.919 bits per heavy atom. The van der Waals surface area contributed by atoms with Crippen LogP contribution in [0.5, 0.6) is 0 Å². The number of aromatic nitrogens is 3. The molecule has 0 N–H and O–H groups in total. The third-order valence-corrected chi connectivity index (χ3v) is 10.3. The van der Waals surface area contributed by atoms with Gasteiger partial charge in [0, 0.05) is 12.1 Å². The van der Waals surface area contributed by atoms with E-state index in [4.69, 9.17) is 0 Å². The Labute approximate surface area is 215 Å². The molecule has 0 spiro atoms. The summed E-state index contributed by atoms with van der Waals surface area (Å²) in [4.78, 5) is 9.83. The molecule has 0 atom stereocenters. The zero-order valence-corrected chi connectivity index (χ0v) is 20.7. The lowest BCUT2D eigenvalue weighted by Crippen LogP contribution is -2.38. The van der Waals surface area contributed by atoms with Gasteiger partial charge in [-0.2, -0.15) is 0 Å². The van der Waals surface area contributed by atoms with Crippen molar-refractivity contribution >= 4 is 45.2 Å². The predicted octanol–water partition coefficient (Wildman–Crippen LogP) is 4.80. The van der Waals surface area contributed by atoms with Gasteiger partial charge in [0.1, 0.15) is 28.5 Å². The first-order chi connectivity index (χ1) is 18.2. The van der Waals surface area contributed by atoms with Gasteiger partial charge < -0.3 is 15.4 Å². The first-order valence-electron chi connectivity index (χ1n) is 11.7. The summed E-state index contributed by atoms with van der Waals surface area (Å²) in [5.74, 6) is 0. The minimum absolute atomic E-state index is 0.00444. The monoisotopic (exact) mass is 502 g/mol. The number of benzene rings is 5. The first kappa shape index (κ1) is 24.0. The van der Waals surface area contributed by atoms with Gasteiger partial charge in [0.25, 0.3) is 5.69 Å². The summed E-state index contributed by atoms with van der Waals surface area (Å²) in [5, 5.41) is 26.5. The van der Waals surface area contributed by atoms with Crippen molar-refractivity contribution in [3.8, 4) is 0 Å². The SMILES string of the molecule is O=[N+]([O-])c1ccc2n[n-]nc2c1.c1ccc([P+](c2ccccc2)(c2ccccc2)c2ccccc2)cc1. The number of nitro benzene ring substituents is 1. The highest BCUT2D eigenvalue weighted by Gasteiger charge is 2.47. The van der Waals surface area contributed by atoms with Crippen LogP contribution in [0.25, 0.3) is 11.0 Å². The second-order valence-corrected chi connectivity index (χ2v) is 11.6. The van der Waals surface area contributed by atoms with Gasteiger partial charge in [-0.05, 0) is 54.6 Å². The second kappa shape index (κ2) is 10.9. The largest absolute Gasteiger partial charge is 0.492 e. The molecule has 5 aromatic carbocycles. The lowest BCUT2D eigenvalue weighted by molar-refractivity contribution is -0.384. The number of hydrogen-bond donors (Lipinski definition) is 0. The van der Waals surface area contributed by atoms with E-state index < -0.39 is 12.2 Å². The zero-order valence-electron chi connectivity index (χ0n) is 19.8. The van der Waals surface area contributed by atoms with Crippen LogP contribution in [0.15, 0.2) is 140 Å². The van der Waals surface area contributed by atoms with Crippen LogP contribution in [0.2, 0.25) is 0 Å². The molecule has 7 heteroatoms. The van der Waals surface area contributed by atoms with Crippen LogP contribution in [-0.2, 0) is 0 Å². The van der Waals surface area contributed by atoms with Crippen molar-refractivity contribution in [3.05, 3.63) is 150 Å². The normalized spacial score (nSPS) is 10.9. The van der Waals surface area contributed by atoms with Crippen LogP contribution in [0.1, 0.15) is 0 Å². The summed E-state index contributed by atoms with van der Waals surface area (Å²) >= 11 is 0. The van der Waals surface area contributed by atoms with Crippen LogP contribution in [0, 0.1) is 10.1 Å². The van der Waals surface area contributed by atoms with E-state index in [0.29, 0.717) is 11.0 Å². The molecule has 6 nitrogen and oxygen atoms in total. The minimum atomic E-state index is -1.91. The summed E-state index contributed by atoms with van der Waals surface area (Å²) in [6, 6.07) is 48.1. The molecule has 0 amide bonds. The maximum absolute atomic E-state index is 10.3. The number of hydrogen-bond acceptors (Lipinski definition) is 4. The molecule has 0 unspecified atom stereocenters. The fraction of sp³-hybridized carbons (Fsp3) is 0.